The lowest BCUT2D eigenvalue weighted by Gasteiger charge is -2.03. The molecule has 5 nitrogen and oxygen atoms in total. The number of halogens is 1. The Morgan fingerprint density at radius 1 is 1.47 bits per heavy atom. The number of aromatic nitrogens is 3. The van der Waals surface area contributed by atoms with Gasteiger partial charge in [0.1, 0.15) is 0 Å². The first-order valence-corrected chi connectivity index (χ1v) is 6.08. The maximum Gasteiger partial charge on any atom is 0.274 e. The van der Waals surface area contributed by atoms with E-state index in [1.165, 1.54) is 0 Å². The van der Waals surface area contributed by atoms with Crippen LogP contribution < -0.4 is 5.32 Å². The topological polar surface area (TPSA) is 59.8 Å². The van der Waals surface area contributed by atoms with Crippen LogP contribution in [0.4, 0.5) is 0 Å². The molecule has 0 radical (unpaired) electrons. The average Bonchev–Trinajstić information content (AvgIpc) is 2.79. The van der Waals surface area contributed by atoms with Gasteiger partial charge in [0.2, 0.25) is 0 Å². The van der Waals surface area contributed by atoms with Crippen LogP contribution in [0, 0.1) is 6.92 Å². The molecule has 6 heteroatoms. The minimum atomic E-state index is -0.266. The number of amides is 1. The zero-order valence-electron chi connectivity index (χ0n) is 10.4. The van der Waals surface area contributed by atoms with Crippen molar-refractivity contribution in [3.8, 4) is 5.69 Å². The molecule has 0 aliphatic heterocycles. The van der Waals surface area contributed by atoms with Crippen LogP contribution in [0.1, 0.15) is 16.2 Å². The molecule has 19 heavy (non-hydrogen) atoms. The van der Waals surface area contributed by atoms with E-state index in [1.807, 2.05) is 12.1 Å². The molecule has 2 rings (SSSR count). The summed E-state index contributed by atoms with van der Waals surface area (Å²) in [4.78, 5) is 11.8. The normalized spacial score (nSPS) is 10.2. The molecule has 98 valence electrons. The highest BCUT2D eigenvalue weighted by atomic mass is 35.5. The zero-order valence-corrected chi connectivity index (χ0v) is 11.2. The maximum atomic E-state index is 11.8. The Balaban J connectivity index is 2.30. The third kappa shape index (κ3) is 2.82. The van der Waals surface area contributed by atoms with Crippen molar-refractivity contribution in [1.82, 2.24) is 20.3 Å². The van der Waals surface area contributed by atoms with E-state index >= 15 is 0 Å². The predicted octanol–water partition coefficient (Wildman–Crippen LogP) is 2.14. The van der Waals surface area contributed by atoms with Crippen LogP contribution in [0.2, 0.25) is 5.02 Å². The molecule has 1 amide bonds. The maximum absolute atomic E-state index is 11.8. The molecule has 0 saturated heterocycles. The first-order chi connectivity index (χ1) is 9.13. The SMILES string of the molecule is C=CCNC(=O)c1nnn(-c2ccc(Cl)cc2)c1C. The van der Waals surface area contributed by atoms with E-state index < -0.39 is 0 Å². The van der Waals surface area contributed by atoms with Crippen LogP contribution in [-0.2, 0) is 0 Å². The Kier molecular flexibility index (Phi) is 3.97. The Hall–Kier alpha value is -2.14. The lowest BCUT2D eigenvalue weighted by Crippen LogP contribution is -2.24. The van der Waals surface area contributed by atoms with E-state index in [2.05, 4.69) is 22.2 Å². The number of benzene rings is 1. The molecule has 1 N–H and O–H groups in total. The Morgan fingerprint density at radius 3 is 2.79 bits per heavy atom. The second-order valence-corrected chi connectivity index (χ2v) is 4.35. The van der Waals surface area contributed by atoms with Gasteiger partial charge in [0.15, 0.2) is 5.69 Å². The lowest BCUT2D eigenvalue weighted by molar-refractivity contribution is 0.0952. The summed E-state index contributed by atoms with van der Waals surface area (Å²) in [5.41, 5.74) is 1.78. The van der Waals surface area contributed by atoms with Crippen molar-refractivity contribution in [2.75, 3.05) is 6.54 Å². The van der Waals surface area contributed by atoms with E-state index in [-0.39, 0.29) is 5.91 Å². The molecule has 0 atom stereocenters. The lowest BCUT2D eigenvalue weighted by atomic mass is 10.3. The largest absolute Gasteiger partial charge is 0.347 e. The number of carbonyl (C=O) groups is 1. The van der Waals surface area contributed by atoms with Gasteiger partial charge in [-0.25, -0.2) is 4.68 Å². The van der Waals surface area contributed by atoms with Crippen LogP contribution in [-0.4, -0.2) is 27.4 Å². The first kappa shape index (κ1) is 13.3. The minimum Gasteiger partial charge on any atom is -0.347 e. The number of nitrogens with one attached hydrogen (secondary N) is 1. The third-order valence-corrected chi connectivity index (χ3v) is 2.84. The molecule has 0 saturated carbocycles. The van der Waals surface area contributed by atoms with Gasteiger partial charge in [0.05, 0.1) is 11.4 Å². The number of hydrogen-bond acceptors (Lipinski definition) is 3. The van der Waals surface area contributed by atoms with E-state index in [0.29, 0.717) is 23.0 Å². The molecule has 0 spiro atoms. The van der Waals surface area contributed by atoms with E-state index in [0.717, 1.165) is 5.69 Å². The molecule has 2 aromatic rings. The quantitative estimate of drug-likeness (QED) is 0.871. The smallest absolute Gasteiger partial charge is 0.274 e. The second kappa shape index (κ2) is 5.67. The molecule has 0 aliphatic carbocycles. The van der Waals surface area contributed by atoms with Gasteiger partial charge in [0.25, 0.3) is 5.91 Å². The van der Waals surface area contributed by atoms with E-state index in [4.69, 9.17) is 11.6 Å². The van der Waals surface area contributed by atoms with Gasteiger partial charge < -0.3 is 5.32 Å². The molecule has 0 unspecified atom stereocenters. The standard InChI is InChI=1S/C13H13ClN4O/c1-3-8-15-13(19)12-9(2)18(17-16-12)11-6-4-10(14)5-7-11/h3-7H,1,8H2,2H3,(H,15,19). The van der Waals surface area contributed by atoms with Gasteiger partial charge >= 0.3 is 0 Å². The van der Waals surface area contributed by atoms with Crippen molar-refractivity contribution < 1.29 is 4.79 Å². The molecular weight excluding hydrogens is 264 g/mol. The molecule has 1 aromatic carbocycles. The molecule has 0 bridgehead atoms. The first-order valence-electron chi connectivity index (χ1n) is 5.71. The Bertz CT molecular complexity index is 604. The third-order valence-electron chi connectivity index (χ3n) is 2.59. The summed E-state index contributed by atoms with van der Waals surface area (Å²) in [5.74, 6) is -0.266. The minimum absolute atomic E-state index is 0.266. The van der Waals surface area contributed by atoms with Crippen molar-refractivity contribution in [1.29, 1.82) is 0 Å². The molecule has 0 aliphatic rings. The monoisotopic (exact) mass is 276 g/mol. The van der Waals surface area contributed by atoms with E-state index in [9.17, 15) is 4.79 Å². The van der Waals surface area contributed by atoms with Crippen molar-refractivity contribution in [3.05, 3.63) is 53.3 Å². The van der Waals surface area contributed by atoms with Gasteiger partial charge in [-0.15, -0.1) is 11.7 Å². The highest BCUT2D eigenvalue weighted by molar-refractivity contribution is 6.30. The average molecular weight is 277 g/mol. The number of nitrogens with zero attached hydrogens (tertiary/aromatic N) is 3. The zero-order chi connectivity index (χ0) is 13.8. The Morgan fingerprint density at radius 2 is 2.16 bits per heavy atom. The van der Waals surface area contributed by atoms with Crippen LogP contribution in [0.15, 0.2) is 36.9 Å². The summed E-state index contributed by atoms with van der Waals surface area (Å²) in [6.07, 6.45) is 1.61. The van der Waals surface area contributed by atoms with Crippen LogP contribution in [0.3, 0.4) is 0 Å². The summed E-state index contributed by atoms with van der Waals surface area (Å²) in [7, 11) is 0. The van der Waals surface area contributed by atoms with Gasteiger partial charge in [-0.05, 0) is 31.2 Å². The van der Waals surface area contributed by atoms with Gasteiger partial charge in [-0.3, -0.25) is 4.79 Å². The summed E-state index contributed by atoms with van der Waals surface area (Å²) < 4.78 is 1.60. The van der Waals surface area contributed by atoms with Crippen LogP contribution >= 0.6 is 11.6 Å². The summed E-state index contributed by atoms with van der Waals surface area (Å²) in [5, 5.41) is 11.2. The Labute approximate surface area is 115 Å². The summed E-state index contributed by atoms with van der Waals surface area (Å²) in [6.45, 7) is 5.73. The highest BCUT2D eigenvalue weighted by Crippen LogP contribution is 2.15. The number of rotatable bonds is 4. The van der Waals surface area contributed by atoms with E-state index in [1.54, 1.807) is 29.8 Å². The van der Waals surface area contributed by atoms with Gasteiger partial charge in [0, 0.05) is 11.6 Å². The van der Waals surface area contributed by atoms with Crippen molar-refractivity contribution in [3.63, 3.8) is 0 Å². The molecule has 0 fully saturated rings. The van der Waals surface area contributed by atoms with Gasteiger partial charge in [-0.2, -0.15) is 0 Å². The fourth-order valence-electron chi connectivity index (χ4n) is 1.62. The van der Waals surface area contributed by atoms with Crippen molar-refractivity contribution in [2.24, 2.45) is 0 Å². The van der Waals surface area contributed by atoms with Crippen LogP contribution in [0.25, 0.3) is 5.69 Å². The van der Waals surface area contributed by atoms with Gasteiger partial charge in [-0.1, -0.05) is 22.9 Å². The molecule has 1 aromatic heterocycles. The highest BCUT2D eigenvalue weighted by Gasteiger charge is 2.16. The predicted molar refractivity (Wildman–Crippen MR) is 73.6 cm³/mol. The second-order valence-electron chi connectivity index (χ2n) is 3.91. The summed E-state index contributed by atoms with van der Waals surface area (Å²) in [6, 6.07) is 7.15. The molecular formula is C13H13ClN4O. The fourth-order valence-corrected chi connectivity index (χ4v) is 1.74. The number of hydrogen-bond donors (Lipinski definition) is 1. The van der Waals surface area contributed by atoms with Crippen LogP contribution in [0.5, 0.6) is 0 Å². The number of carbonyl (C=O) groups excluding carboxylic acids is 1. The fraction of sp³-hybridized carbons (Fsp3) is 0.154. The van der Waals surface area contributed by atoms with Crippen molar-refractivity contribution in [2.45, 2.75) is 6.92 Å². The summed E-state index contributed by atoms with van der Waals surface area (Å²) >= 11 is 5.83. The molecule has 1 heterocycles. The van der Waals surface area contributed by atoms with Crippen molar-refractivity contribution >= 4 is 17.5 Å².